The normalized spacial score (nSPS) is 14.9. The van der Waals surface area contributed by atoms with Crippen LogP contribution in [0.15, 0.2) is 109 Å². The fourth-order valence-electron chi connectivity index (χ4n) is 7.04. The molecule has 0 bridgehead atoms. The number of unbranched alkanes of at least 4 members (excludes halogenated alkanes) is 18. The predicted octanol–water partition coefficient (Wildman–Crippen LogP) is 16.0. The highest BCUT2D eigenvalue weighted by atomic mass is 31.2. The third kappa shape index (κ3) is 50.9. The van der Waals surface area contributed by atoms with E-state index in [1.807, 2.05) is 39.4 Å². The number of hydrogen-bond acceptors (Lipinski definition) is 5. The van der Waals surface area contributed by atoms with Gasteiger partial charge in [0.25, 0.3) is 0 Å². The molecule has 0 heterocycles. The summed E-state index contributed by atoms with van der Waals surface area (Å²) in [5.41, 5.74) is 0. The number of amides is 1. The second kappa shape index (κ2) is 48.2. The van der Waals surface area contributed by atoms with Gasteiger partial charge in [0, 0.05) is 6.42 Å². The lowest BCUT2D eigenvalue weighted by molar-refractivity contribution is -0.870. The molecule has 0 aliphatic rings. The molecule has 9 heteroatoms. The largest absolute Gasteiger partial charge is 0.472 e. The molecule has 0 saturated carbocycles. The van der Waals surface area contributed by atoms with E-state index in [9.17, 15) is 19.4 Å². The Balaban J connectivity index is 4.46. The van der Waals surface area contributed by atoms with Gasteiger partial charge in [0.15, 0.2) is 0 Å². The van der Waals surface area contributed by atoms with Crippen LogP contribution in [0.1, 0.15) is 200 Å². The zero-order valence-corrected chi connectivity index (χ0v) is 44.5. The number of rotatable bonds is 47. The summed E-state index contributed by atoms with van der Waals surface area (Å²) in [6, 6.07) is -0.918. The van der Waals surface area contributed by atoms with E-state index >= 15 is 0 Å². The van der Waals surface area contributed by atoms with Gasteiger partial charge in [-0.2, -0.15) is 0 Å². The van der Waals surface area contributed by atoms with Crippen LogP contribution in [0, 0.1) is 0 Å². The van der Waals surface area contributed by atoms with E-state index in [4.69, 9.17) is 9.05 Å². The molecule has 3 atom stereocenters. The number of aliphatic hydroxyl groups is 1. The SMILES string of the molecule is CC/C=C\C/C=C\C/C=C\C/C=C\C/C=C\C/C=C\CCC(=O)NC(COP(=O)(O)OCC[N+](C)(C)C)C(O)/C=C/CC/C=C/CC/C=C/CCCCCCCCCCCCCCCCCC. The first-order valence-electron chi connectivity index (χ1n) is 26.8. The van der Waals surface area contributed by atoms with E-state index in [0.717, 1.165) is 64.2 Å². The van der Waals surface area contributed by atoms with E-state index in [2.05, 4.69) is 104 Å². The number of likely N-dealkylation sites (N-methyl/N-ethyl adjacent to an activating group) is 1. The van der Waals surface area contributed by atoms with Crippen molar-refractivity contribution in [2.24, 2.45) is 0 Å². The smallest absolute Gasteiger partial charge is 0.387 e. The van der Waals surface area contributed by atoms with Crippen LogP contribution in [-0.2, 0) is 18.4 Å². The van der Waals surface area contributed by atoms with E-state index < -0.39 is 20.0 Å². The van der Waals surface area contributed by atoms with Crippen LogP contribution in [0.2, 0.25) is 0 Å². The molecule has 0 spiro atoms. The van der Waals surface area contributed by atoms with Gasteiger partial charge in [0.1, 0.15) is 13.2 Å². The van der Waals surface area contributed by atoms with Crippen LogP contribution in [0.5, 0.6) is 0 Å². The molecule has 0 rings (SSSR count). The number of aliphatic hydroxyl groups excluding tert-OH is 1. The molecule has 8 nitrogen and oxygen atoms in total. The fraction of sp³-hybridized carbons (Fsp3) is 0.672. The maximum atomic E-state index is 12.9. The summed E-state index contributed by atoms with van der Waals surface area (Å²) in [4.78, 5) is 23.2. The van der Waals surface area contributed by atoms with Crippen molar-refractivity contribution in [1.82, 2.24) is 5.32 Å². The summed E-state index contributed by atoms with van der Waals surface area (Å²) in [5.74, 6) is -0.277. The average Bonchev–Trinajstić information content (AvgIpc) is 3.29. The summed E-state index contributed by atoms with van der Waals surface area (Å²) in [7, 11) is 1.48. The monoisotopic (exact) mass is 954 g/mol. The minimum absolute atomic E-state index is 0.0338. The van der Waals surface area contributed by atoms with Crippen molar-refractivity contribution in [1.29, 1.82) is 0 Å². The number of hydrogen-bond donors (Lipinski definition) is 3. The highest BCUT2D eigenvalue weighted by molar-refractivity contribution is 7.47. The Hall–Kier alpha value is -2.84. The first kappa shape index (κ1) is 64.2. The topological polar surface area (TPSA) is 105 Å². The molecule has 0 aliphatic heterocycles. The van der Waals surface area contributed by atoms with Gasteiger partial charge in [-0.05, 0) is 83.5 Å². The van der Waals surface area contributed by atoms with Crippen LogP contribution >= 0.6 is 7.82 Å². The van der Waals surface area contributed by atoms with Gasteiger partial charge in [-0.25, -0.2) is 4.57 Å². The molecule has 0 aromatic rings. The summed E-state index contributed by atoms with van der Waals surface area (Å²) >= 11 is 0. The van der Waals surface area contributed by atoms with Crippen LogP contribution in [0.4, 0.5) is 0 Å². The van der Waals surface area contributed by atoms with Gasteiger partial charge in [-0.3, -0.25) is 13.8 Å². The molecule has 1 amide bonds. The molecule has 3 unspecified atom stereocenters. The van der Waals surface area contributed by atoms with Crippen LogP contribution in [0.25, 0.3) is 0 Å². The zero-order valence-electron chi connectivity index (χ0n) is 43.6. The maximum absolute atomic E-state index is 12.9. The van der Waals surface area contributed by atoms with E-state index in [-0.39, 0.29) is 25.5 Å². The first-order chi connectivity index (χ1) is 32.5. The van der Waals surface area contributed by atoms with Crippen molar-refractivity contribution in [3.63, 3.8) is 0 Å². The number of nitrogens with one attached hydrogen (secondary N) is 1. The molecule has 67 heavy (non-hydrogen) atoms. The Bertz CT molecular complexity index is 1450. The Morgan fingerprint density at radius 3 is 1.36 bits per heavy atom. The lowest BCUT2D eigenvalue weighted by Gasteiger charge is -2.25. The summed E-state index contributed by atoms with van der Waals surface area (Å²) in [5, 5.41) is 13.8. The highest BCUT2D eigenvalue weighted by Crippen LogP contribution is 2.43. The predicted molar refractivity (Wildman–Crippen MR) is 290 cm³/mol. The highest BCUT2D eigenvalue weighted by Gasteiger charge is 2.27. The number of phosphoric ester groups is 1. The van der Waals surface area contributed by atoms with Crippen molar-refractivity contribution in [2.45, 2.75) is 212 Å². The molecule has 0 saturated heterocycles. The number of carbonyl (C=O) groups excluding carboxylic acids is 1. The van der Waals surface area contributed by atoms with E-state index in [0.29, 0.717) is 17.4 Å². The number of nitrogens with zero attached hydrogens (tertiary/aromatic N) is 1. The van der Waals surface area contributed by atoms with Crippen LogP contribution < -0.4 is 5.32 Å². The lowest BCUT2D eigenvalue weighted by atomic mass is 10.0. The van der Waals surface area contributed by atoms with Crippen molar-refractivity contribution in [3.05, 3.63) is 109 Å². The molecular weight excluding hydrogens is 852 g/mol. The minimum atomic E-state index is -4.38. The van der Waals surface area contributed by atoms with E-state index in [1.165, 1.54) is 109 Å². The van der Waals surface area contributed by atoms with Crippen LogP contribution in [-0.4, -0.2) is 73.4 Å². The third-order valence-corrected chi connectivity index (χ3v) is 12.2. The standard InChI is InChI=1S/C58H101N2O6P/c1-6-8-10-12-14-16-18-20-22-24-26-27-28-29-30-31-32-34-35-37-39-41-43-45-47-49-51-57(61)56(55-66-67(63,64)65-54-53-60(3,4)5)59-58(62)52-50-48-46-44-42-40-38-36-33-25-23-21-19-17-15-13-11-9-7-2/h9,11,15,17,21,23,33-36,40-43,46,48-49,51,56-57,61H,6-8,10,12-14,16,18-20,22,24-32,37-39,44-45,47,50,52-55H2,1-5H3,(H-,59,62,63,64)/p+1/b11-9-,17-15-,23-21-,35-34+,36-33-,42-40-,43-41+,48-46-,51-49+. The minimum Gasteiger partial charge on any atom is -0.387 e. The van der Waals surface area contributed by atoms with Gasteiger partial charge < -0.3 is 19.8 Å². The van der Waals surface area contributed by atoms with Gasteiger partial charge >= 0.3 is 7.82 Å². The Morgan fingerprint density at radius 2 is 0.910 bits per heavy atom. The number of carbonyl (C=O) groups is 1. The summed E-state index contributed by atoms with van der Waals surface area (Å²) < 4.78 is 23.6. The van der Waals surface area contributed by atoms with Crippen molar-refractivity contribution < 1.29 is 32.9 Å². The third-order valence-electron chi connectivity index (χ3n) is 11.2. The first-order valence-corrected chi connectivity index (χ1v) is 28.3. The molecule has 384 valence electrons. The molecule has 0 aromatic carbocycles. The number of phosphoric acid groups is 1. The zero-order chi connectivity index (χ0) is 49.2. The van der Waals surface area contributed by atoms with E-state index in [1.54, 1.807) is 6.08 Å². The molecule has 3 N–H and O–H groups in total. The summed E-state index contributed by atoms with van der Waals surface area (Å²) in [6.07, 6.45) is 70.7. The van der Waals surface area contributed by atoms with Gasteiger partial charge in [-0.15, -0.1) is 0 Å². The Kier molecular flexibility index (Phi) is 46.2. The van der Waals surface area contributed by atoms with Crippen molar-refractivity contribution in [3.8, 4) is 0 Å². The molecule has 0 aliphatic carbocycles. The Morgan fingerprint density at radius 1 is 0.522 bits per heavy atom. The van der Waals surface area contributed by atoms with Gasteiger partial charge in [-0.1, -0.05) is 220 Å². The summed E-state index contributed by atoms with van der Waals surface area (Å²) in [6.45, 7) is 4.61. The second-order valence-electron chi connectivity index (χ2n) is 18.8. The average molecular weight is 954 g/mol. The maximum Gasteiger partial charge on any atom is 0.472 e. The van der Waals surface area contributed by atoms with Gasteiger partial charge in [0.2, 0.25) is 5.91 Å². The molecular formula is C58H102N2O6P+. The molecule has 0 aromatic heterocycles. The number of allylic oxidation sites excluding steroid dienone is 17. The molecule has 0 radical (unpaired) electrons. The lowest BCUT2D eigenvalue weighted by Crippen LogP contribution is -2.45. The quantitative estimate of drug-likeness (QED) is 0.0243. The van der Waals surface area contributed by atoms with Crippen molar-refractivity contribution >= 4 is 13.7 Å². The van der Waals surface area contributed by atoms with Crippen LogP contribution in [0.3, 0.4) is 0 Å². The molecule has 0 fully saturated rings. The fourth-order valence-corrected chi connectivity index (χ4v) is 7.77. The van der Waals surface area contributed by atoms with Gasteiger partial charge in [0.05, 0.1) is 39.9 Å². The Labute approximate surface area is 412 Å². The second-order valence-corrected chi connectivity index (χ2v) is 20.3. The number of quaternary nitrogens is 1. The van der Waals surface area contributed by atoms with Crippen molar-refractivity contribution in [2.75, 3.05) is 40.9 Å².